The van der Waals surface area contributed by atoms with Crippen LogP contribution in [-0.4, -0.2) is 10.9 Å². The predicted molar refractivity (Wildman–Crippen MR) is 80.0 cm³/mol. The lowest BCUT2D eigenvalue weighted by Crippen LogP contribution is -2.28. The molecule has 0 spiro atoms. The number of carbonyl (C=O) groups is 1. The van der Waals surface area contributed by atoms with Crippen LogP contribution in [0.2, 0.25) is 5.02 Å². The maximum Gasteiger partial charge on any atom is 0.235 e. The van der Waals surface area contributed by atoms with Gasteiger partial charge in [0.05, 0.1) is 17.3 Å². The molecular formula is C16H15ClN2O. The molecule has 0 aliphatic heterocycles. The first-order valence-electron chi connectivity index (χ1n) is 6.60. The summed E-state index contributed by atoms with van der Waals surface area (Å²) < 4.78 is 0. The highest BCUT2D eigenvalue weighted by molar-refractivity contribution is 6.30. The summed E-state index contributed by atoms with van der Waals surface area (Å²) in [6.07, 6.45) is 5.12. The van der Waals surface area contributed by atoms with Gasteiger partial charge in [-0.3, -0.25) is 9.78 Å². The Morgan fingerprint density at radius 3 is 2.80 bits per heavy atom. The first-order valence-corrected chi connectivity index (χ1v) is 6.98. The second-order valence-electron chi connectivity index (χ2n) is 5.24. The average Bonchev–Trinajstić information content (AvgIpc) is 3.23. The van der Waals surface area contributed by atoms with Gasteiger partial charge in [0, 0.05) is 11.2 Å². The molecule has 102 valence electrons. The number of nitrogens with zero attached hydrogens (tertiary/aromatic N) is 1. The molecule has 1 fully saturated rings. The zero-order valence-electron chi connectivity index (χ0n) is 11.2. The molecule has 1 N–H and O–H groups in total. The van der Waals surface area contributed by atoms with Gasteiger partial charge in [-0.2, -0.15) is 0 Å². The summed E-state index contributed by atoms with van der Waals surface area (Å²) in [6, 6.07) is 9.44. The predicted octanol–water partition coefficient (Wildman–Crippen LogP) is 3.71. The number of carbonyl (C=O) groups excluding carboxylic acids is 1. The molecule has 3 nitrogen and oxygen atoms in total. The Morgan fingerprint density at radius 1 is 1.35 bits per heavy atom. The number of pyridine rings is 1. The molecule has 1 aliphatic rings. The van der Waals surface area contributed by atoms with Crippen molar-refractivity contribution in [2.45, 2.75) is 25.2 Å². The van der Waals surface area contributed by atoms with Crippen LogP contribution >= 0.6 is 11.6 Å². The molecule has 4 heteroatoms. The Labute approximate surface area is 123 Å². The van der Waals surface area contributed by atoms with E-state index in [1.807, 2.05) is 37.3 Å². The SMILES string of the molecule is Cc1ccncc1NC(=O)C1(c2cccc(Cl)c2)CC1. The molecule has 20 heavy (non-hydrogen) atoms. The van der Waals surface area contributed by atoms with Crippen LogP contribution in [0, 0.1) is 6.92 Å². The van der Waals surface area contributed by atoms with E-state index < -0.39 is 5.41 Å². The lowest BCUT2D eigenvalue weighted by atomic mass is 9.95. The van der Waals surface area contributed by atoms with Gasteiger partial charge in [0.15, 0.2) is 0 Å². The minimum Gasteiger partial charge on any atom is -0.324 e. The number of aromatic nitrogens is 1. The summed E-state index contributed by atoms with van der Waals surface area (Å²) in [5.74, 6) is 0.0240. The lowest BCUT2D eigenvalue weighted by Gasteiger charge is -2.16. The van der Waals surface area contributed by atoms with Gasteiger partial charge in [-0.15, -0.1) is 0 Å². The van der Waals surface area contributed by atoms with Gasteiger partial charge in [-0.25, -0.2) is 0 Å². The number of aryl methyl sites for hydroxylation is 1. The standard InChI is InChI=1S/C16H15ClN2O/c1-11-5-8-18-10-14(11)19-15(20)16(6-7-16)12-3-2-4-13(17)9-12/h2-5,8-10H,6-7H2,1H3,(H,19,20). The Balaban J connectivity index is 1.86. The van der Waals surface area contributed by atoms with Gasteiger partial charge in [-0.1, -0.05) is 23.7 Å². The number of rotatable bonds is 3. The normalized spacial score (nSPS) is 15.7. The molecule has 3 rings (SSSR count). The minimum atomic E-state index is -0.423. The number of halogens is 1. The fraction of sp³-hybridized carbons (Fsp3) is 0.250. The highest BCUT2D eigenvalue weighted by atomic mass is 35.5. The summed E-state index contributed by atoms with van der Waals surface area (Å²) in [6.45, 7) is 1.95. The summed E-state index contributed by atoms with van der Waals surface area (Å²) in [4.78, 5) is 16.6. The monoisotopic (exact) mass is 286 g/mol. The number of hydrogen-bond acceptors (Lipinski definition) is 2. The molecule has 1 amide bonds. The van der Waals surface area contributed by atoms with Gasteiger partial charge >= 0.3 is 0 Å². The number of anilines is 1. The van der Waals surface area contributed by atoms with Crippen molar-refractivity contribution in [3.8, 4) is 0 Å². The fourth-order valence-electron chi connectivity index (χ4n) is 2.39. The van der Waals surface area contributed by atoms with E-state index in [2.05, 4.69) is 10.3 Å². The molecule has 1 aromatic heterocycles. The van der Waals surface area contributed by atoms with E-state index in [1.54, 1.807) is 12.4 Å². The smallest absolute Gasteiger partial charge is 0.235 e. The fourth-order valence-corrected chi connectivity index (χ4v) is 2.59. The Morgan fingerprint density at radius 2 is 2.15 bits per heavy atom. The average molecular weight is 287 g/mol. The van der Waals surface area contributed by atoms with Crippen molar-refractivity contribution in [1.29, 1.82) is 0 Å². The Kier molecular flexibility index (Phi) is 3.22. The number of amides is 1. The third kappa shape index (κ3) is 2.29. The quantitative estimate of drug-likeness (QED) is 0.934. The van der Waals surface area contributed by atoms with E-state index in [4.69, 9.17) is 11.6 Å². The number of benzene rings is 1. The largest absolute Gasteiger partial charge is 0.324 e. The highest BCUT2D eigenvalue weighted by Crippen LogP contribution is 2.49. The van der Waals surface area contributed by atoms with Crippen molar-refractivity contribution in [2.24, 2.45) is 0 Å². The van der Waals surface area contributed by atoms with Gasteiger partial charge in [0.1, 0.15) is 0 Å². The van der Waals surface area contributed by atoms with Gasteiger partial charge in [-0.05, 0) is 49.1 Å². The summed E-state index contributed by atoms with van der Waals surface area (Å²) >= 11 is 6.03. The van der Waals surface area contributed by atoms with Crippen LogP contribution in [-0.2, 0) is 10.2 Å². The van der Waals surface area contributed by atoms with Gasteiger partial charge < -0.3 is 5.32 Å². The minimum absolute atomic E-state index is 0.0240. The van der Waals surface area contributed by atoms with E-state index in [9.17, 15) is 4.79 Å². The zero-order valence-corrected chi connectivity index (χ0v) is 11.9. The molecule has 1 aliphatic carbocycles. The van der Waals surface area contributed by atoms with Crippen LogP contribution in [0.1, 0.15) is 24.0 Å². The third-order valence-electron chi connectivity index (χ3n) is 3.85. The van der Waals surface area contributed by atoms with Crippen LogP contribution in [0.4, 0.5) is 5.69 Å². The van der Waals surface area contributed by atoms with Crippen molar-refractivity contribution in [2.75, 3.05) is 5.32 Å². The number of hydrogen-bond donors (Lipinski definition) is 1. The molecule has 1 heterocycles. The molecule has 0 unspecified atom stereocenters. The van der Waals surface area contributed by atoms with Crippen LogP contribution in [0.15, 0.2) is 42.7 Å². The molecule has 1 aromatic carbocycles. The molecule has 1 saturated carbocycles. The topological polar surface area (TPSA) is 42.0 Å². The molecule has 0 bridgehead atoms. The van der Waals surface area contributed by atoms with E-state index in [-0.39, 0.29) is 5.91 Å². The maximum absolute atomic E-state index is 12.6. The second-order valence-corrected chi connectivity index (χ2v) is 5.67. The molecule has 2 aromatic rings. The van der Waals surface area contributed by atoms with Gasteiger partial charge in [0.2, 0.25) is 5.91 Å². The van der Waals surface area contributed by atoms with Crippen molar-refractivity contribution < 1.29 is 4.79 Å². The first kappa shape index (κ1) is 13.1. The van der Waals surface area contributed by atoms with Crippen LogP contribution in [0.3, 0.4) is 0 Å². The van der Waals surface area contributed by atoms with Crippen LogP contribution in [0.25, 0.3) is 0 Å². The van der Waals surface area contributed by atoms with Gasteiger partial charge in [0.25, 0.3) is 0 Å². The second kappa shape index (κ2) is 4.91. The number of nitrogens with one attached hydrogen (secondary N) is 1. The summed E-state index contributed by atoms with van der Waals surface area (Å²) in [5.41, 5.74) is 2.35. The van der Waals surface area contributed by atoms with E-state index in [0.717, 1.165) is 29.7 Å². The molecule has 0 saturated heterocycles. The molecular weight excluding hydrogens is 272 g/mol. The van der Waals surface area contributed by atoms with Crippen molar-refractivity contribution >= 4 is 23.2 Å². The zero-order chi connectivity index (χ0) is 14.2. The van der Waals surface area contributed by atoms with Crippen LogP contribution < -0.4 is 5.32 Å². The van der Waals surface area contributed by atoms with Crippen LogP contribution in [0.5, 0.6) is 0 Å². The highest BCUT2D eigenvalue weighted by Gasteiger charge is 2.51. The third-order valence-corrected chi connectivity index (χ3v) is 4.08. The van der Waals surface area contributed by atoms with E-state index in [0.29, 0.717) is 5.02 Å². The summed E-state index contributed by atoms with van der Waals surface area (Å²) in [7, 11) is 0. The van der Waals surface area contributed by atoms with Crippen molar-refractivity contribution in [1.82, 2.24) is 4.98 Å². The molecule has 0 radical (unpaired) electrons. The summed E-state index contributed by atoms with van der Waals surface area (Å²) in [5, 5.41) is 3.65. The van der Waals surface area contributed by atoms with Crippen molar-refractivity contribution in [3.05, 3.63) is 58.9 Å². The Hall–Kier alpha value is -1.87. The maximum atomic E-state index is 12.6. The van der Waals surface area contributed by atoms with Crippen molar-refractivity contribution in [3.63, 3.8) is 0 Å². The van der Waals surface area contributed by atoms with E-state index >= 15 is 0 Å². The molecule has 0 atom stereocenters. The lowest BCUT2D eigenvalue weighted by molar-refractivity contribution is -0.118. The van der Waals surface area contributed by atoms with E-state index in [1.165, 1.54) is 0 Å². The first-order chi connectivity index (χ1) is 9.62. The Bertz CT molecular complexity index is 665.